The SMILES string of the molecule is C=CC(I)(c1ccccc1Br)C(C(=O)OC)C(=O)OC. The summed E-state index contributed by atoms with van der Waals surface area (Å²) >= 11 is 5.45. The zero-order valence-corrected chi connectivity index (χ0v) is 14.8. The number of methoxy groups -OCH3 is 2. The molecule has 0 aliphatic rings. The highest BCUT2D eigenvalue weighted by Crippen LogP contribution is 2.44. The van der Waals surface area contributed by atoms with Crippen LogP contribution in [-0.4, -0.2) is 26.2 Å². The zero-order chi connectivity index (χ0) is 15.3. The third-order valence-electron chi connectivity index (χ3n) is 2.88. The van der Waals surface area contributed by atoms with Crippen LogP contribution < -0.4 is 0 Å². The van der Waals surface area contributed by atoms with Crippen molar-refractivity contribution < 1.29 is 19.1 Å². The highest BCUT2D eigenvalue weighted by molar-refractivity contribution is 14.1. The molecular formula is C14H14BrIO4. The Labute approximate surface area is 139 Å². The lowest BCUT2D eigenvalue weighted by Gasteiger charge is -2.30. The van der Waals surface area contributed by atoms with E-state index in [1.54, 1.807) is 6.08 Å². The molecule has 0 heterocycles. The predicted octanol–water partition coefficient (Wildman–Crippen LogP) is 3.23. The molecule has 0 fully saturated rings. The number of alkyl halides is 1. The minimum absolute atomic E-state index is 0.665. The van der Waals surface area contributed by atoms with Crippen molar-refractivity contribution in [2.75, 3.05) is 14.2 Å². The summed E-state index contributed by atoms with van der Waals surface area (Å²) in [6, 6.07) is 7.32. The van der Waals surface area contributed by atoms with Crippen LogP contribution >= 0.6 is 38.5 Å². The molecule has 1 atom stereocenters. The van der Waals surface area contributed by atoms with E-state index in [1.165, 1.54) is 14.2 Å². The molecule has 0 aromatic heterocycles. The van der Waals surface area contributed by atoms with E-state index in [4.69, 9.17) is 9.47 Å². The smallest absolute Gasteiger partial charge is 0.322 e. The average molecular weight is 453 g/mol. The second-order valence-corrected chi connectivity index (χ2v) is 6.57. The number of carbonyl (C=O) groups excluding carboxylic acids is 2. The Kier molecular flexibility index (Phi) is 6.19. The Morgan fingerprint density at radius 3 is 2.20 bits per heavy atom. The lowest BCUT2D eigenvalue weighted by molar-refractivity contribution is -0.159. The van der Waals surface area contributed by atoms with E-state index in [-0.39, 0.29) is 0 Å². The summed E-state index contributed by atoms with van der Waals surface area (Å²) in [5.74, 6) is -2.46. The Morgan fingerprint density at radius 2 is 1.80 bits per heavy atom. The van der Waals surface area contributed by atoms with E-state index in [1.807, 2.05) is 46.9 Å². The number of ether oxygens (including phenoxy) is 2. The number of allylic oxidation sites excluding steroid dienone is 1. The van der Waals surface area contributed by atoms with Gasteiger partial charge in [-0.1, -0.05) is 62.8 Å². The van der Waals surface area contributed by atoms with Crippen molar-refractivity contribution >= 4 is 50.5 Å². The number of benzene rings is 1. The van der Waals surface area contributed by atoms with E-state index in [0.29, 0.717) is 0 Å². The highest BCUT2D eigenvalue weighted by atomic mass is 127. The fourth-order valence-electron chi connectivity index (χ4n) is 1.83. The topological polar surface area (TPSA) is 52.6 Å². The highest BCUT2D eigenvalue weighted by Gasteiger charge is 2.47. The van der Waals surface area contributed by atoms with Crippen molar-refractivity contribution in [2.45, 2.75) is 3.42 Å². The molecule has 0 N–H and O–H groups in total. The summed E-state index contributed by atoms with van der Waals surface area (Å²) in [4.78, 5) is 24.0. The molecule has 0 aliphatic carbocycles. The van der Waals surface area contributed by atoms with Gasteiger partial charge in [0, 0.05) is 4.47 Å². The first-order chi connectivity index (χ1) is 9.42. The van der Waals surface area contributed by atoms with Crippen LogP contribution in [0.15, 0.2) is 41.4 Å². The van der Waals surface area contributed by atoms with Crippen LogP contribution in [0.1, 0.15) is 5.56 Å². The molecule has 1 rings (SSSR count). The molecule has 20 heavy (non-hydrogen) atoms. The molecule has 4 nitrogen and oxygen atoms in total. The van der Waals surface area contributed by atoms with Crippen LogP contribution in [0.3, 0.4) is 0 Å². The van der Waals surface area contributed by atoms with Crippen molar-refractivity contribution in [1.82, 2.24) is 0 Å². The quantitative estimate of drug-likeness (QED) is 0.226. The van der Waals surface area contributed by atoms with E-state index < -0.39 is 21.3 Å². The summed E-state index contributed by atoms with van der Waals surface area (Å²) in [5, 5.41) is 0. The molecule has 108 valence electrons. The van der Waals surface area contributed by atoms with Gasteiger partial charge in [-0.3, -0.25) is 9.59 Å². The van der Waals surface area contributed by atoms with Crippen molar-refractivity contribution in [3.05, 3.63) is 47.0 Å². The average Bonchev–Trinajstić information content (AvgIpc) is 2.47. The van der Waals surface area contributed by atoms with Gasteiger partial charge in [0.1, 0.15) is 0 Å². The molecule has 1 aromatic carbocycles. The fourth-order valence-corrected chi connectivity index (χ4v) is 3.79. The van der Waals surface area contributed by atoms with Crippen molar-refractivity contribution in [2.24, 2.45) is 5.92 Å². The number of esters is 2. The standard InChI is InChI=1S/C14H14BrIO4/c1-4-14(16,9-7-5-6-8-10(9)15)11(12(17)19-2)13(18)20-3/h4-8,11H,1H2,2-3H3. The minimum Gasteiger partial charge on any atom is -0.468 e. The van der Waals surface area contributed by atoms with E-state index >= 15 is 0 Å². The van der Waals surface area contributed by atoms with Crippen LogP contribution in [0.4, 0.5) is 0 Å². The minimum atomic E-state index is -1.13. The third kappa shape index (κ3) is 3.22. The van der Waals surface area contributed by atoms with Gasteiger partial charge in [0.2, 0.25) is 0 Å². The Morgan fingerprint density at radius 1 is 1.30 bits per heavy atom. The van der Waals surface area contributed by atoms with E-state index in [2.05, 4.69) is 22.5 Å². The Balaban J connectivity index is 3.46. The molecule has 0 radical (unpaired) electrons. The summed E-state index contributed by atoms with van der Waals surface area (Å²) in [6.07, 6.45) is 1.55. The van der Waals surface area contributed by atoms with Gasteiger partial charge in [-0.25, -0.2) is 0 Å². The molecule has 0 amide bonds. The van der Waals surface area contributed by atoms with Gasteiger partial charge < -0.3 is 9.47 Å². The van der Waals surface area contributed by atoms with Gasteiger partial charge >= 0.3 is 11.9 Å². The van der Waals surface area contributed by atoms with Gasteiger partial charge in [-0.2, -0.15) is 0 Å². The summed E-state index contributed by atoms with van der Waals surface area (Å²) in [5.41, 5.74) is 0.747. The van der Waals surface area contributed by atoms with Crippen LogP contribution in [0.5, 0.6) is 0 Å². The molecule has 0 aliphatic heterocycles. The lowest BCUT2D eigenvalue weighted by atomic mass is 9.85. The molecule has 6 heteroatoms. The van der Waals surface area contributed by atoms with Crippen molar-refractivity contribution in [3.63, 3.8) is 0 Å². The number of hydrogen-bond donors (Lipinski definition) is 0. The molecule has 1 aromatic rings. The number of halogens is 2. The monoisotopic (exact) mass is 452 g/mol. The molecular weight excluding hydrogens is 439 g/mol. The lowest BCUT2D eigenvalue weighted by Crippen LogP contribution is -2.40. The Bertz CT molecular complexity index is 516. The first kappa shape index (κ1) is 17.2. The second-order valence-electron chi connectivity index (χ2n) is 3.93. The fraction of sp³-hybridized carbons (Fsp3) is 0.286. The number of carbonyl (C=O) groups is 2. The molecule has 1 unspecified atom stereocenters. The van der Waals surface area contributed by atoms with Crippen LogP contribution in [-0.2, 0) is 22.5 Å². The maximum atomic E-state index is 12.0. The first-order valence-corrected chi connectivity index (χ1v) is 7.52. The van der Waals surface area contributed by atoms with E-state index in [9.17, 15) is 9.59 Å². The maximum absolute atomic E-state index is 12.0. The summed E-state index contributed by atoms with van der Waals surface area (Å²) in [6.45, 7) is 3.76. The number of hydrogen-bond acceptors (Lipinski definition) is 4. The van der Waals surface area contributed by atoms with Gasteiger partial charge in [-0.15, -0.1) is 6.58 Å². The van der Waals surface area contributed by atoms with Gasteiger partial charge in [-0.05, 0) is 11.6 Å². The summed E-state index contributed by atoms with van der Waals surface area (Å²) < 4.78 is 9.27. The van der Waals surface area contributed by atoms with Crippen LogP contribution in [0.25, 0.3) is 0 Å². The Hall–Kier alpha value is -0.890. The van der Waals surface area contributed by atoms with Gasteiger partial charge in [0.25, 0.3) is 0 Å². The van der Waals surface area contributed by atoms with Crippen molar-refractivity contribution in [3.8, 4) is 0 Å². The molecule has 0 spiro atoms. The molecule has 0 saturated heterocycles. The normalized spacial score (nSPS) is 13.4. The maximum Gasteiger partial charge on any atom is 0.322 e. The van der Waals surface area contributed by atoms with Crippen LogP contribution in [0, 0.1) is 5.92 Å². The van der Waals surface area contributed by atoms with Crippen LogP contribution in [0.2, 0.25) is 0 Å². The molecule has 0 bridgehead atoms. The van der Waals surface area contributed by atoms with Crippen molar-refractivity contribution in [1.29, 1.82) is 0 Å². The van der Waals surface area contributed by atoms with Gasteiger partial charge in [0.15, 0.2) is 5.92 Å². The van der Waals surface area contributed by atoms with E-state index in [0.717, 1.165) is 10.0 Å². The van der Waals surface area contributed by atoms with Gasteiger partial charge in [0.05, 0.1) is 17.6 Å². The summed E-state index contributed by atoms with van der Waals surface area (Å²) in [7, 11) is 2.47. The molecule has 0 saturated carbocycles. The predicted molar refractivity (Wildman–Crippen MR) is 87.6 cm³/mol. The zero-order valence-electron chi connectivity index (χ0n) is 11.1. The largest absolute Gasteiger partial charge is 0.468 e. The number of rotatable bonds is 5. The second kappa shape index (κ2) is 7.21. The third-order valence-corrected chi connectivity index (χ3v) is 5.21. The first-order valence-electron chi connectivity index (χ1n) is 5.65.